The highest BCUT2D eigenvalue weighted by atomic mass is 16.6. The second kappa shape index (κ2) is 4.96. The maximum absolute atomic E-state index is 4.93. The van der Waals surface area contributed by atoms with E-state index in [1.807, 2.05) is 19.1 Å². The van der Waals surface area contributed by atoms with Crippen molar-refractivity contribution >= 4 is 6.21 Å². The van der Waals surface area contributed by atoms with Gasteiger partial charge in [0.05, 0.1) is 6.21 Å². The SMILES string of the molecule is CCO/N=C/c1cccc(C(C)(C)C)c1. The highest BCUT2D eigenvalue weighted by Gasteiger charge is 2.12. The molecule has 0 radical (unpaired) electrons. The Morgan fingerprint density at radius 2 is 2.07 bits per heavy atom. The first-order valence-electron chi connectivity index (χ1n) is 5.30. The lowest BCUT2D eigenvalue weighted by atomic mass is 9.86. The van der Waals surface area contributed by atoms with E-state index in [2.05, 4.69) is 38.1 Å². The zero-order chi connectivity index (χ0) is 11.3. The second-order valence-corrected chi connectivity index (χ2v) is 4.53. The van der Waals surface area contributed by atoms with E-state index in [4.69, 9.17) is 4.84 Å². The molecule has 0 amide bonds. The zero-order valence-electron chi connectivity index (χ0n) is 9.95. The number of hydrogen-bond acceptors (Lipinski definition) is 2. The largest absolute Gasteiger partial charge is 0.396 e. The van der Waals surface area contributed by atoms with E-state index in [0.29, 0.717) is 6.61 Å². The fourth-order valence-electron chi connectivity index (χ4n) is 1.26. The Bertz CT molecular complexity index is 337. The van der Waals surface area contributed by atoms with Gasteiger partial charge in [0, 0.05) is 0 Å². The summed E-state index contributed by atoms with van der Waals surface area (Å²) in [6, 6.07) is 8.35. The van der Waals surface area contributed by atoms with Crippen LogP contribution in [0.15, 0.2) is 29.4 Å². The molecule has 0 atom stereocenters. The average molecular weight is 205 g/mol. The fourth-order valence-corrected chi connectivity index (χ4v) is 1.26. The number of oxime groups is 1. The van der Waals surface area contributed by atoms with Crippen LogP contribution in [0.1, 0.15) is 38.8 Å². The molecule has 0 fully saturated rings. The lowest BCUT2D eigenvalue weighted by molar-refractivity contribution is 0.160. The van der Waals surface area contributed by atoms with Crippen molar-refractivity contribution in [2.45, 2.75) is 33.1 Å². The van der Waals surface area contributed by atoms with Gasteiger partial charge < -0.3 is 4.84 Å². The fraction of sp³-hybridized carbons (Fsp3) is 0.462. The molecule has 0 aliphatic carbocycles. The third-order valence-electron chi connectivity index (χ3n) is 2.16. The molecule has 1 rings (SSSR count). The molecule has 0 saturated heterocycles. The molecule has 0 N–H and O–H groups in total. The van der Waals surface area contributed by atoms with Gasteiger partial charge in [0.1, 0.15) is 6.61 Å². The van der Waals surface area contributed by atoms with Gasteiger partial charge in [-0.3, -0.25) is 0 Å². The smallest absolute Gasteiger partial charge is 0.114 e. The van der Waals surface area contributed by atoms with Crippen LogP contribution in [0.4, 0.5) is 0 Å². The molecule has 0 spiro atoms. The Kier molecular flexibility index (Phi) is 3.89. The van der Waals surface area contributed by atoms with E-state index in [9.17, 15) is 0 Å². The third kappa shape index (κ3) is 3.74. The molecule has 2 heteroatoms. The van der Waals surface area contributed by atoms with Crippen LogP contribution < -0.4 is 0 Å². The average Bonchev–Trinajstić information content (AvgIpc) is 2.17. The van der Waals surface area contributed by atoms with E-state index in [0.717, 1.165) is 5.56 Å². The van der Waals surface area contributed by atoms with Gasteiger partial charge in [-0.25, -0.2) is 0 Å². The maximum atomic E-state index is 4.93. The molecule has 0 heterocycles. The minimum absolute atomic E-state index is 0.176. The van der Waals surface area contributed by atoms with Crippen LogP contribution in [0.5, 0.6) is 0 Å². The van der Waals surface area contributed by atoms with Crippen LogP contribution in [-0.2, 0) is 10.3 Å². The topological polar surface area (TPSA) is 21.6 Å². The summed E-state index contributed by atoms with van der Waals surface area (Å²) in [5.74, 6) is 0. The van der Waals surface area contributed by atoms with Crippen LogP contribution in [-0.4, -0.2) is 12.8 Å². The van der Waals surface area contributed by atoms with Gasteiger partial charge in [0.2, 0.25) is 0 Å². The summed E-state index contributed by atoms with van der Waals surface area (Å²) in [5, 5.41) is 3.86. The lowest BCUT2D eigenvalue weighted by Crippen LogP contribution is -2.11. The van der Waals surface area contributed by atoms with Crippen molar-refractivity contribution in [1.82, 2.24) is 0 Å². The minimum atomic E-state index is 0.176. The van der Waals surface area contributed by atoms with Gasteiger partial charge in [0.15, 0.2) is 0 Å². The predicted octanol–water partition coefficient (Wildman–Crippen LogP) is 3.35. The number of benzene rings is 1. The van der Waals surface area contributed by atoms with Crippen molar-refractivity contribution < 1.29 is 4.84 Å². The van der Waals surface area contributed by atoms with Gasteiger partial charge in [-0.05, 0) is 29.5 Å². The Balaban J connectivity index is 2.84. The zero-order valence-corrected chi connectivity index (χ0v) is 9.95. The lowest BCUT2D eigenvalue weighted by Gasteiger charge is -2.19. The molecule has 0 bridgehead atoms. The van der Waals surface area contributed by atoms with Gasteiger partial charge >= 0.3 is 0 Å². The van der Waals surface area contributed by atoms with E-state index < -0.39 is 0 Å². The molecule has 0 aliphatic heterocycles. The van der Waals surface area contributed by atoms with Crippen molar-refractivity contribution in [2.24, 2.45) is 5.16 Å². The highest BCUT2D eigenvalue weighted by molar-refractivity contribution is 5.79. The monoisotopic (exact) mass is 205 g/mol. The Morgan fingerprint density at radius 1 is 1.33 bits per heavy atom. The first kappa shape index (κ1) is 11.8. The normalized spacial score (nSPS) is 12.0. The number of rotatable bonds is 3. The first-order chi connectivity index (χ1) is 7.04. The summed E-state index contributed by atoms with van der Waals surface area (Å²) in [5.41, 5.74) is 2.56. The van der Waals surface area contributed by atoms with Crippen molar-refractivity contribution in [2.75, 3.05) is 6.61 Å². The molecule has 0 saturated carbocycles. The van der Waals surface area contributed by atoms with Crippen LogP contribution in [0.2, 0.25) is 0 Å². The van der Waals surface area contributed by atoms with E-state index in [-0.39, 0.29) is 5.41 Å². The van der Waals surface area contributed by atoms with Crippen LogP contribution in [0, 0.1) is 0 Å². The van der Waals surface area contributed by atoms with Gasteiger partial charge in [-0.2, -0.15) is 0 Å². The molecular weight excluding hydrogens is 186 g/mol. The van der Waals surface area contributed by atoms with E-state index >= 15 is 0 Å². The molecule has 0 unspecified atom stereocenters. The van der Waals surface area contributed by atoms with E-state index in [1.54, 1.807) is 6.21 Å². The molecule has 15 heavy (non-hydrogen) atoms. The van der Waals surface area contributed by atoms with Gasteiger partial charge in [0.25, 0.3) is 0 Å². The predicted molar refractivity (Wildman–Crippen MR) is 64.4 cm³/mol. The molecule has 2 nitrogen and oxygen atoms in total. The maximum Gasteiger partial charge on any atom is 0.114 e. The van der Waals surface area contributed by atoms with Gasteiger partial charge in [-0.1, -0.05) is 44.1 Å². The molecule has 1 aromatic rings. The van der Waals surface area contributed by atoms with Crippen molar-refractivity contribution in [3.8, 4) is 0 Å². The summed E-state index contributed by atoms with van der Waals surface area (Å²) < 4.78 is 0. The van der Waals surface area contributed by atoms with Crippen molar-refractivity contribution in [3.63, 3.8) is 0 Å². The van der Waals surface area contributed by atoms with Crippen molar-refractivity contribution in [3.05, 3.63) is 35.4 Å². The molecule has 0 aliphatic rings. The summed E-state index contributed by atoms with van der Waals surface area (Å²) in [4.78, 5) is 4.93. The minimum Gasteiger partial charge on any atom is -0.396 e. The highest BCUT2D eigenvalue weighted by Crippen LogP contribution is 2.22. The van der Waals surface area contributed by atoms with E-state index in [1.165, 1.54) is 5.56 Å². The Morgan fingerprint density at radius 3 is 2.67 bits per heavy atom. The first-order valence-corrected chi connectivity index (χ1v) is 5.30. The number of hydrogen-bond donors (Lipinski definition) is 0. The summed E-state index contributed by atoms with van der Waals surface area (Å²) in [6.45, 7) is 9.13. The van der Waals surface area contributed by atoms with Gasteiger partial charge in [-0.15, -0.1) is 0 Å². The summed E-state index contributed by atoms with van der Waals surface area (Å²) >= 11 is 0. The molecule has 0 aromatic heterocycles. The summed E-state index contributed by atoms with van der Waals surface area (Å²) in [6.07, 6.45) is 1.75. The number of nitrogens with zero attached hydrogens (tertiary/aromatic N) is 1. The molecule has 1 aromatic carbocycles. The quantitative estimate of drug-likeness (QED) is 0.547. The van der Waals surface area contributed by atoms with Crippen LogP contribution >= 0.6 is 0 Å². The summed E-state index contributed by atoms with van der Waals surface area (Å²) in [7, 11) is 0. The van der Waals surface area contributed by atoms with Crippen LogP contribution in [0.3, 0.4) is 0 Å². The second-order valence-electron chi connectivity index (χ2n) is 4.53. The molecular formula is C13H19NO. The molecule has 82 valence electrons. The van der Waals surface area contributed by atoms with Crippen LogP contribution in [0.25, 0.3) is 0 Å². The third-order valence-corrected chi connectivity index (χ3v) is 2.16. The standard InChI is InChI=1S/C13H19NO/c1-5-15-14-10-11-7-6-8-12(9-11)13(2,3)4/h6-10H,5H2,1-4H3/b14-10+. The Labute approximate surface area is 91.9 Å². The van der Waals surface area contributed by atoms with Crippen molar-refractivity contribution in [1.29, 1.82) is 0 Å². The Hall–Kier alpha value is -1.31.